The van der Waals surface area contributed by atoms with Gasteiger partial charge in [-0.25, -0.2) is 0 Å². The van der Waals surface area contributed by atoms with Crippen LogP contribution in [0, 0.1) is 0 Å². The highest BCUT2D eigenvalue weighted by Gasteiger charge is 2.24. The van der Waals surface area contributed by atoms with Crippen molar-refractivity contribution in [2.24, 2.45) is 0 Å². The minimum absolute atomic E-state index is 0.112. The maximum absolute atomic E-state index is 12.3. The summed E-state index contributed by atoms with van der Waals surface area (Å²) >= 11 is 0. The van der Waals surface area contributed by atoms with Gasteiger partial charge in [0.1, 0.15) is 5.75 Å². The van der Waals surface area contributed by atoms with Crippen LogP contribution in [-0.4, -0.2) is 32.1 Å². The molecule has 0 N–H and O–H groups in total. The molecule has 1 aliphatic rings. The number of hydrogen-bond acceptors (Lipinski definition) is 4. The molecule has 0 atom stereocenters. The molecular weight excluding hydrogens is 306 g/mol. The third-order valence-corrected chi connectivity index (χ3v) is 4.03. The molecule has 0 saturated heterocycles. The maximum Gasteiger partial charge on any atom is 0.310 e. The molecule has 0 aliphatic carbocycles. The van der Waals surface area contributed by atoms with Gasteiger partial charge in [0.15, 0.2) is 6.61 Å². The third-order valence-electron chi connectivity index (χ3n) is 4.03. The van der Waals surface area contributed by atoms with E-state index >= 15 is 0 Å². The van der Waals surface area contributed by atoms with Crippen molar-refractivity contribution in [3.8, 4) is 5.75 Å². The molecule has 0 radical (unpaired) electrons. The fourth-order valence-electron chi connectivity index (χ4n) is 2.82. The van der Waals surface area contributed by atoms with Crippen molar-refractivity contribution in [3.05, 3.63) is 59.7 Å². The van der Waals surface area contributed by atoms with E-state index in [1.807, 2.05) is 42.5 Å². The van der Waals surface area contributed by atoms with Gasteiger partial charge in [-0.3, -0.25) is 9.59 Å². The first kappa shape index (κ1) is 16.1. The van der Waals surface area contributed by atoms with Crippen molar-refractivity contribution >= 4 is 17.6 Å². The number of anilines is 1. The summed E-state index contributed by atoms with van der Waals surface area (Å²) in [6.45, 7) is 0.392. The SMILES string of the molecule is COc1cccc(CC(=O)OCC(=O)N2CCc3ccccc32)c1. The zero-order valence-electron chi connectivity index (χ0n) is 13.5. The van der Waals surface area contributed by atoms with E-state index in [9.17, 15) is 9.59 Å². The van der Waals surface area contributed by atoms with E-state index in [-0.39, 0.29) is 18.9 Å². The fourth-order valence-corrected chi connectivity index (χ4v) is 2.82. The van der Waals surface area contributed by atoms with Crippen LogP contribution in [0.5, 0.6) is 5.75 Å². The Bertz CT molecular complexity index is 757. The highest BCUT2D eigenvalue weighted by molar-refractivity contribution is 5.97. The van der Waals surface area contributed by atoms with Crippen molar-refractivity contribution in [1.29, 1.82) is 0 Å². The summed E-state index contributed by atoms with van der Waals surface area (Å²) in [7, 11) is 1.57. The lowest BCUT2D eigenvalue weighted by Gasteiger charge is -2.17. The molecule has 0 aromatic heterocycles. The number of methoxy groups -OCH3 is 1. The van der Waals surface area contributed by atoms with Gasteiger partial charge in [-0.15, -0.1) is 0 Å². The minimum atomic E-state index is -0.427. The highest BCUT2D eigenvalue weighted by atomic mass is 16.5. The molecule has 0 spiro atoms. The molecule has 0 bridgehead atoms. The molecule has 2 aromatic rings. The van der Waals surface area contributed by atoms with E-state index in [1.54, 1.807) is 18.1 Å². The van der Waals surface area contributed by atoms with Gasteiger partial charge < -0.3 is 14.4 Å². The molecule has 0 unspecified atom stereocenters. The smallest absolute Gasteiger partial charge is 0.310 e. The summed E-state index contributed by atoms with van der Waals surface area (Å²) in [6, 6.07) is 15.0. The lowest BCUT2D eigenvalue weighted by molar-refractivity contribution is -0.147. The van der Waals surface area contributed by atoms with Crippen LogP contribution in [0.2, 0.25) is 0 Å². The lowest BCUT2D eigenvalue weighted by Crippen LogP contribution is -2.33. The van der Waals surface area contributed by atoms with Crippen molar-refractivity contribution in [1.82, 2.24) is 0 Å². The van der Waals surface area contributed by atoms with Crippen molar-refractivity contribution in [3.63, 3.8) is 0 Å². The molecule has 2 aromatic carbocycles. The second kappa shape index (κ2) is 7.17. The Kier molecular flexibility index (Phi) is 4.79. The number of nitrogens with zero attached hydrogens (tertiary/aromatic N) is 1. The predicted molar refractivity (Wildman–Crippen MR) is 90.2 cm³/mol. The van der Waals surface area contributed by atoms with E-state index in [0.717, 1.165) is 23.2 Å². The molecule has 1 heterocycles. The predicted octanol–water partition coefficient (Wildman–Crippen LogP) is 2.37. The number of carbonyl (C=O) groups excluding carboxylic acids is 2. The summed E-state index contributed by atoms with van der Waals surface area (Å²) in [4.78, 5) is 25.9. The number of amides is 1. The number of rotatable bonds is 5. The number of hydrogen-bond donors (Lipinski definition) is 0. The van der Waals surface area contributed by atoms with Crippen LogP contribution in [0.25, 0.3) is 0 Å². The summed E-state index contributed by atoms with van der Waals surface area (Å²) < 4.78 is 10.3. The van der Waals surface area contributed by atoms with Crippen molar-refractivity contribution in [2.75, 3.05) is 25.2 Å². The minimum Gasteiger partial charge on any atom is -0.497 e. The molecule has 5 nitrogen and oxygen atoms in total. The molecular formula is C19H19NO4. The van der Waals surface area contributed by atoms with Gasteiger partial charge >= 0.3 is 5.97 Å². The Hall–Kier alpha value is -2.82. The Morgan fingerprint density at radius 3 is 2.79 bits per heavy atom. The highest BCUT2D eigenvalue weighted by Crippen LogP contribution is 2.27. The maximum atomic E-state index is 12.3. The van der Waals surface area contributed by atoms with Gasteiger partial charge in [0.2, 0.25) is 0 Å². The van der Waals surface area contributed by atoms with Crippen molar-refractivity contribution < 1.29 is 19.1 Å². The van der Waals surface area contributed by atoms with E-state index in [0.29, 0.717) is 12.3 Å². The van der Waals surface area contributed by atoms with Crippen LogP contribution >= 0.6 is 0 Å². The van der Waals surface area contributed by atoms with Crippen LogP contribution in [0.4, 0.5) is 5.69 Å². The summed E-state index contributed by atoms with van der Waals surface area (Å²) in [5, 5.41) is 0. The Morgan fingerprint density at radius 1 is 1.12 bits per heavy atom. The summed E-state index contributed by atoms with van der Waals surface area (Å²) in [5.41, 5.74) is 2.85. The van der Waals surface area contributed by atoms with Gasteiger partial charge in [0.25, 0.3) is 5.91 Å². The van der Waals surface area contributed by atoms with Gasteiger partial charge in [-0.05, 0) is 35.7 Å². The van der Waals surface area contributed by atoms with Crippen LogP contribution in [-0.2, 0) is 27.2 Å². The lowest BCUT2D eigenvalue weighted by atomic mass is 10.1. The van der Waals surface area contributed by atoms with Gasteiger partial charge in [0, 0.05) is 12.2 Å². The fraction of sp³-hybridized carbons (Fsp3) is 0.263. The summed E-state index contributed by atoms with van der Waals surface area (Å²) in [5.74, 6) is 0.0630. The average Bonchev–Trinajstić information content (AvgIpc) is 3.04. The molecule has 24 heavy (non-hydrogen) atoms. The molecule has 5 heteroatoms. The Labute approximate surface area is 140 Å². The molecule has 3 rings (SSSR count). The molecule has 1 aliphatic heterocycles. The summed E-state index contributed by atoms with van der Waals surface area (Å²) in [6.07, 6.45) is 0.945. The second-order valence-electron chi connectivity index (χ2n) is 5.61. The number of fused-ring (bicyclic) bond motifs is 1. The molecule has 0 saturated carbocycles. The van der Waals surface area contributed by atoms with E-state index < -0.39 is 5.97 Å². The van der Waals surface area contributed by atoms with E-state index in [1.165, 1.54) is 0 Å². The van der Waals surface area contributed by atoms with Gasteiger partial charge in [0.05, 0.1) is 13.5 Å². The van der Waals surface area contributed by atoms with E-state index in [2.05, 4.69) is 0 Å². The number of ether oxygens (including phenoxy) is 2. The number of para-hydroxylation sites is 1. The normalized spacial score (nSPS) is 12.6. The van der Waals surface area contributed by atoms with Crippen LogP contribution in [0.15, 0.2) is 48.5 Å². The monoisotopic (exact) mass is 325 g/mol. The quantitative estimate of drug-likeness (QED) is 0.792. The second-order valence-corrected chi connectivity index (χ2v) is 5.61. The number of benzene rings is 2. The van der Waals surface area contributed by atoms with Crippen LogP contribution in [0.3, 0.4) is 0 Å². The van der Waals surface area contributed by atoms with Gasteiger partial charge in [-0.1, -0.05) is 30.3 Å². The standard InChI is InChI=1S/C19H19NO4/c1-23-16-7-4-5-14(11-16)12-19(22)24-13-18(21)20-10-9-15-6-2-3-8-17(15)20/h2-8,11H,9-10,12-13H2,1H3. The van der Waals surface area contributed by atoms with Gasteiger partial charge in [-0.2, -0.15) is 0 Å². The Balaban J connectivity index is 1.54. The largest absolute Gasteiger partial charge is 0.497 e. The number of esters is 1. The third kappa shape index (κ3) is 3.56. The number of carbonyl (C=O) groups is 2. The molecule has 1 amide bonds. The topological polar surface area (TPSA) is 55.8 Å². The zero-order chi connectivity index (χ0) is 16.9. The molecule has 124 valence electrons. The van der Waals surface area contributed by atoms with E-state index in [4.69, 9.17) is 9.47 Å². The van der Waals surface area contributed by atoms with Crippen molar-refractivity contribution in [2.45, 2.75) is 12.8 Å². The van der Waals surface area contributed by atoms with Crippen LogP contribution < -0.4 is 9.64 Å². The first-order valence-corrected chi connectivity index (χ1v) is 7.84. The molecule has 0 fully saturated rings. The van der Waals surface area contributed by atoms with Crippen LogP contribution in [0.1, 0.15) is 11.1 Å². The first-order valence-electron chi connectivity index (χ1n) is 7.84. The Morgan fingerprint density at radius 2 is 1.96 bits per heavy atom. The zero-order valence-corrected chi connectivity index (χ0v) is 13.5. The average molecular weight is 325 g/mol. The first-order chi connectivity index (χ1) is 11.7.